The first-order chi connectivity index (χ1) is 8.99. The number of rotatable bonds is 3. The quantitative estimate of drug-likeness (QED) is 0.869. The minimum Gasteiger partial charge on any atom is -0.364 e. The maximum atomic E-state index is 11.9. The molecule has 0 atom stereocenters. The normalized spacial score (nSPS) is 10.5. The van der Waals surface area contributed by atoms with Crippen molar-refractivity contribution in [1.82, 2.24) is 15.5 Å². The second kappa shape index (κ2) is 5.09. The molecular formula is C13H15N3O3. The lowest BCUT2D eigenvalue weighted by Crippen LogP contribution is -2.28. The van der Waals surface area contributed by atoms with Gasteiger partial charge in [-0.3, -0.25) is 9.59 Å². The molecule has 0 unspecified atom stereocenters. The number of carbonyl (C=O) groups is 1. The Morgan fingerprint density at radius 3 is 2.74 bits per heavy atom. The molecule has 6 nitrogen and oxygen atoms in total. The van der Waals surface area contributed by atoms with Crippen molar-refractivity contribution in [3.8, 4) is 0 Å². The van der Waals surface area contributed by atoms with Crippen LogP contribution in [0.2, 0.25) is 0 Å². The van der Waals surface area contributed by atoms with Gasteiger partial charge in [-0.05, 0) is 20.8 Å². The molecule has 2 N–H and O–H groups in total. The highest BCUT2D eigenvalue weighted by Crippen LogP contribution is 2.11. The van der Waals surface area contributed by atoms with Gasteiger partial charge in [0.2, 0.25) is 0 Å². The van der Waals surface area contributed by atoms with E-state index in [1.54, 1.807) is 20.8 Å². The Bertz CT molecular complexity index is 651. The van der Waals surface area contributed by atoms with Crippen molar-refractivity contribution in [2.75, 3.05) is 0 Å². The molecule has 0 bridgehead atoms. The first-order valence-electron chi connectivity index (χ1n) is 5.88. The molecule has 0 saturated heterocycles. The van der Waals surface area contributed by atoms with Gasteiger partial charge in [0, 0.05) is 30.1 Å². The molecule has 1 amide bonds. The van der Waals surface area contributed by atoms with Crippen LogP contribution in [0, 0.1) is 20.8 Å². The molecule has 100 valence electrons. The summed E-state index contributed by atoms with van der Waals surface area (Å²) in [6.07, 6.45) is 1.42. The monoisotopic (exact) mass is 261 g/mol. The Morgan fingerprint density at radius 2 is 2.16 bits per heavy atom. The number of pyridine rings is 1. The van der Waals surface area contributed by atoms with Crippen LogP contribution in [0.5, 0.6) is 0 Å². The molecule has 6 heteroatoms. The number of hydrogen-bond acceptors (Lipinski definition) is 4. The number of nitrogens with one attached hydrogen (secondary N) is 2. The molecule has 0 saturated carbocycles. The lowest BCUT2D eigenvalue weighted by molar-refractivity contribution is 0.0949. The number of aromatic nitrogens is 2. The highest BCUT2D eigenvalue weighted by Gasteiger charge is 2.13. The van der Waals surface area contributed by atoms with Gasteiger partial charge >= 0.3 is 0 Å². The number of amides is 1. The molecule has 0 radical (unpaired) electrons. The van der Waals surface area contributed by atoms with Crippen LogP contribution in [0.1, 0.15) is 33.1 Å². The lowest BCUT2D eigenvalue weighted by atomic mass is 10.2. The van der Waals surface area contributed by atoms with Crippen LogP contribution in [0.15, 0.2) is 21.6 Å². The summed E-state index contributed by atoms with van der Waals surface area (Å²) in [5, 5.41) is 6.49. The Hall–Kier alpha value is -2.37. The predicted molar refractivity (Wildman–Crippen MR) is 68.9 cm³/mol. The van der Waals surface area contributed by atoms with Gasteiger partial charge < -0.3 is 14.8 Å². The van der Waals surface area contributed by atoms with E-state index in [4.69, 9.17) is 4.52 Å². The van der Waals surface area contributed by atoms with E-state index in [9.17, 15) is 9.59 Å². The summed E-state index contributed by atoms with van der Waals surface area (Å²) in [5.74, 6) is 0.247. The van der Waals surface area contributed by atoms with Crippen LogP contribution in [-0.2, 0) is 6.54 Å². The SMILES string of the molecule is Cc1cc(=O)c(C(=O)NCc2c(C)noc2C)c[nH]1. The zero-order chi connectivity index (χ0) is 14.0. The van der Waals surface area contributed by atoms with E-state index in [0.717, 1.165) is 11.3 Å². The van der Waals surface area contributed by atoms with Crippen molar-refractivity contribution >= 4 is 5.91 Å². The Morgan fingerprint density at radius 1 is 1.42 bits per heavy atom. The van der Waals surface area contributed by atoms with Gasteiger partial charge in [0.05, 0.1) is 5.69 Å². The van der Waals surface area contributed by atoms with Gasteiger partial charge in [-0.15, -0.1) is 0 Å². The number of nitrogens with zero attached hydrogens (tertiary/aromatic N) is 1. The third kappa shape index (κ3) is 2.73. The molecule has 0 aliphatic heterocycles. The molecule has 0 spiro atoms. The third-order valence-electron chi connectivity index (χ3n) is 2.91. The predicted octanol–water partition coefficient (Wildman–Crippen LogP) is 1.22. The standard InChI is InChI=1S/C13H15N3O3/c1-7-4-12(17)11(6-14-7)13(18)15-5-10-8(2)16-19-9(10)3/h4,6H,5H2,1-3H3,(H,14,17)(H,15,18). The van der Waals surface area contributed by atoms with Crippen LogP contribution in [-0.4, -0.2) is 16.0 Å². The van der Waals surface area contributed by atoms with Crippen molar-refractivity contribution in [1.29, 1.82) is 0 Å². The number of carbonyl (C=O) groups excluding carboxylic acids is 1. The molecule has 0 fully saturated rings. The first-order valence-corrected chi connectivity index (χ1v) is 5.88. The number of aromatic amines is 1. The van der Waals surface area contributed by atoms with Crippen molar-refractivity contribution in [3.05, 3.63) is 50.8 Å². The molecule has 2 aromatic rings. The van der Waals surface area contributed by atoms with Crippen molar-refractivity contribution < 1.29 is 9.32 Å². The molecule has 19 heavy (non-hydrogen) atoms. The van der Waals surface area contributed by atoms with Crippen LogP contribution in [0.25, 0.3) is 0 Å². The van der Waals surface area contributed by atoms with Gasteiger partial charge in [0.15, 0.2) is 5.43 Å². The highest BCUT2D eigenvalue weighted by atomic mass is 16.5. The molecule has 2 rings (SSSR count). The summed E-state index contributed by atoms with van der Waals surface area (Å²) in [7, 11) is 0. The Kier molecular flexibility index (Phi) is 3.50. The van der Waals surface area contributed by atoms with E-state index >= 15 is 0 Å². The largest absolute Gasteiger partial charge is 0.364 e. The fourth-order valence-electron chi connectivity index (χ4n) is 1.77. The second-order valence-electron chi connectivity index (χ2n) is 4.38. The lowest BCUT2D eigenvalue weighted by Gasteiger charge is -2.04. The average molecular weight is 261 g/mol. The topological polar surface area (TPSA) is 88.0 Å². The Labute approximate surface area is 109 Å². The summed E-state index contributed by atoms with van der Waals surface area (Å²) < 4.78 is 5.00. The average Bonchev–Trinajstić information content (AvgIpc) is 2.66. The smallest absolute Gasteiger partial charge is 0.257 e. The van der Waals surface area contributed by atoms with Crippen LogP contribution in [0.4, 0.5) is 0 Å². The van der Waals surface area contributed by atoms with E-state index in [2.05, 4.69) is 15.5 Å². The van der Waals surface area contributed by atoms with Crippen LogP contribution >= 0.6 is 0 Å². The Balaban J connectivity index is 2.12. The first kappa shape index (κ1) is 13.1. The maximum absolute atomic E-state index is 11.9. The van der Waals surface area contributed by atoms with E-state index in [1.165, 1.54) is 12.3 Å². The molecule has 0 aromatic carbocycles. The summed E-state index contributed by atoms with van der Waals surface area (Å²) in [5.41, 5.74) is 2.07. The number of hydrogen-bond donors (Lipinski definition) is 2. The van der Waals surface area contributed by atoms with E-state index in [-0.39, 0.29) is 17.5 Å². The summed E-state index contributed by atoms with van der Waals surface area (Å²) in [4.78, 5) is 26.4. The summed E-state index contributed by atoms with van der Waals surface area (Å²) in [6, 6.07) is 1.39. The second-order valence-corrected chi connectivity index (χ2v) is 4.38. The van der Waals surface area contributed by atoms with Crippen LogP contribution < -0.4 is 10.7 Å². The number of H-pyrrole nitrogens is 1. The van der Waals surface area contributed by atoms with Gasteiger partial charge in [0.25, 0.3) is 5.91 Å². The van der Waals surface area contributed by atoms with Crippen molar-refractivity contribution in [3.63, 3.8) is 0 Å². The summed E-state index contributed by atoms with van der Waals surface area (Å²) >= 11 is 0. The zero-order valence-electron chi connectivity index (χ0n) is 11.0. The molecular weight excluding hydrogens is 246 g/mol. The summed E-state index contributed by atoms with van der Waals surface area (Å²) in [6.45, 7) is 5.62. The van der Waals surface area contributed by atoms with Crippen molar-refractivity contribution in [2.24, 2.45) is 0 Å². The third-order valence-corrected chi connectivity index (χ3v) is 2.91. The minimum absolute atomic E-state index is 0.0948. The molecule has 2 aromatic heterocycles. The maximum Gasteiger partial charge on any atom is 0.257 e. The molecule has 0 aliphatic carbocycles. The molecule has 0 aliphatic rings. The van der Waals surface area contributed by atoms with E-state index < -0.39 is 5.91 Å². The van der Waals surface area contributed by atoms with Gasteiger partial charge in [-0.2, -0.15) is 0 Å². The molecule has 2 heterocycles. The number of aryl methyl sites for hydroxylation is 3. The van der Waals surface area contributed by atoms with Gasteiger partial charge in [-0.25, -0.2) is 0 Å². The van der Waals surface area contributed by atoms with Crippen LogP contribution in [0.3, 0.4) is 0 Å². The van der Waals surface area contributed by atoms with Gasteiger partial charge in [-0.1, -0.05) is 5.16 Å². The fraction of sp³-hybridized carbons (Fsp3) is 0.308. The van der Waals surface area contributed by atoms with E-state index in [0.29, 0.717) is 11.5 Å². The zero-order valence-corrected chi connectivity index (χ0v) is 11.0. The fourth-order valence-corrected chi connectivity index (χ4v) is 1.77. The highest BCUT2D eigenvalue weighted by molar-refractivity contribution is 5.93. The van der Waals surface area contributed by atoms with E-state index in [1.807, 2.05) is 0 Å². The van der Waals surface area contributed by atoms with Gasteiger partial charge in [0.1, 0.15) is 11.3 Å². The minimum atomic E-state index is -0.416. The van der Waals surface area contributed by atoms with Crippen molar-refractivity contribution in [2.45, 2.75) is 27.3 Å².